The summed E-state index contributed by atoms with van der Waals surface area (Å²) in [5, 5.41) is 0. The molecule has 0 bridgehead atoms. The van der Waals surface area contributed by atoms with Crippen LogP contribution in [0.2, 0.25) is 0 Å². The van der Waals surface area contributed by atoms with Gasteiger partial charge in [0.15, 0.2) is 0 Å². The van der Waals surface area contributed by atoms with E-state index in [1.54, 1.807) is 0 Å². The Kier molecular flexibility index (Phi) is 3.22. The smallest absolute Gasteiger partial charge is 0.288 e. The molecule has 4 heteroatoms. The third kappa shape index (κ3) is 3.18. The van der Waals surface area contributed by atoms with Gasteiger partial charge in [0, 0.05) is 0 Å². The molecule has 0 heterocycles. The Labute approximate surface area is 76.3 Å². The van der Waals surface area contributed by atoms with Crippen molar-refractivity contribution in [2.75, 3.05) is 0 Å². The minimum Gasteiger partial charge on any atom is -0.288 e. The molecule has 3 unspecified atom stereocenters. The van der Waals surface area contributed by atoms with Gasteiger partial charge in [0.05, 0.1) is 6.10 Å². The Hall–Kier alpha value is -0.250. The lowest BCUT2D eigenvalue weighted by Gasteiger charge is -2.34. The van der Waals surface area contributed by atoms with Crippen molar-refractivity contribution >= 4 is 0 Å². The molecule has 0 amide bonds. The topological polar surface area (TPSA) is 9.23 Å². The van der Waals surface area contributed by atoms with E-state index in [0.717, 1.165) is 12.8 Å². The van der Waals surface area contributed by atoms with Crippen LogP contribution < -0.4 is 0 Å². The lowest BCUT2D eigenvalue weighted by molar-refractivity contribution is -0.351. The highest BCUT2D eigenvalue weighted by molar-refractivity contribution is 4.77. The van der Waals surface area contributed by atoms with Crippen LogP contribution in [0.5, 0.6) is 0 Å². The van der Waals surface area contributed by atoms with E-state index in [1.807, 2.05) is 13.8 Å². The summed E-state index contributed by atoms with van der Waals surface area (Å²) in [7, 11) is 0. The van der Waals surface area contributed by atoms with E-state index in [4.69, 9.17) is 0 Å². The fourth-order valence-electron chi connectivity index (χ4n) is 1.87. The number of rotatable bonds is 1. The molecule has 1 rings (SSSR count). The second-order valence-corrected chi connectivity index (χ2v) is 3.87. The van der Waals surface area contributed by atoms with Crippen LogP contribution in [-0.4, -0.2) is 12.5 Å². The summed E-state index contributed by atoms with van der Waals surface area (Å²) in [5.74, 6) is 0.344. The van der Waals surface area contributed by atoms with E-state index < -0.39 is 12.5 Å². The Balaban J connectivity index is 2.49. The fraction of sp³-hybridized carbons (Fsp3) is 1.00. The molecule has 1 fully saturated rings. The van der Waals surface area contributed by atoms with Gasteiger partial charge in [-0.3, -0.25) is 4.74 Å². The van der Waals surface area contributed by atoms with Gasteiger partial charge in [-0.25, -0.2) is 0 Å². The highest BCUT2D eigenvalue weighted by atomic mass is 19.4. The SMILES string of the molecule is CC1CCCC(OC(F)(F)F)C1C. The zero-order valence-corrected chi connectivity index (χ0v) is 7.90. The first-order valence-electron chi connectivity index (χ1n) is 4.64. The van der Waals surface area contributed by atoms with Crippen molar-refractivity contribution in [3.8, 4) is 0 Å². The molecule has 1 aliphatic rings. The van der Waals surface area contributed by atoms with Gasteiger partial charge in [0.25, 0.3) is 0 Å². The van der Waals surface area contributed by atoms with Crippen molar-refractivity contribution in [3.05, 3.63) is 0 Å². The number of ether oxygens (including phenoxy) is 1. The minimum atomic E-state index is -4.48. The van der Waals surface area contributed by atoms with Gasteiger partial charge in [0.1, 0.15) is 0 Å². The van der Waals surface area contributed by atoms with Gasteiger partial charge < -0.3 is 0 Å². The Morgan fingerprint density at radius 3 is 2.31 bits per heavy atom. The lowest BCUT2D eigenvalue weighted by Crippen LogP contribution is -2.35. The van der Waals surface area contributed by atoms with Crippen LogP contribution >= 0.6 is 0 Å². The van der Waals surface area contributed by atoms with Crippen LogP contribution in [0.15, 0.2) is 0 Å². The van der Waals surface area contributed by atoms with Crippen LogP contribution in [-0.2, 0) is 4.74 Å². The van der Waals surface area contributed by atoms with Gasteiger partial charge in [-0.15, -0.1) is 13.2 Å². The molecule has 0 aromatic heterocycles. The Bertz CT molecular complexity index is 167. The summed E-state index contributed by atoms with van der Waals surface area (Å²) >= 11 is 0. The Morgan fingerprint density at radius 2 is 1.77 bits per heavy atom. The first kappa shape index (κ1) is 10.8. The molecular formula is C9H15F3O. The van der Waals surface area contributed by atoms with Gasteiger partial charge in [0.2, 0.25) is 0 Å². The average Bonchev–Trinajstić information content (AvgIpc) is 1.96. The van der Waals surface area contributed by atoms with E-state index in [0.29, 0.717) is 12.3 Å². The van der Waals surface area contributed by atoms with E-state index >= 15 is 0 Å². The van der Waals surface area contributed by atoms with Gasteiger partial charge in [-0.1, -0.05) is 26.7 Å². The second-order valence-electron chi connectivity index (χ2n) is 3.87. The fourth-order valence-corrected chi connectivity index (χ4v) is 1.87. The largest absolute Gasteiger partial charge is 0.522 e. The molecule has 0 radical (unpaired) electrons. The summed E-state index contributed by atoms with van der Waals surface area (Å²) in [5.41, 5.74) is 0. The standard InChI is InChI=1S/C9H15F3O/c1-6-4-3-5-8(7(6)2)13-9(10,11)12/h6-8H,3-5H2,1-2H3. The van der Waals surface area contributed by atoms with Crippen LogP contribution in [0.1, 0.15) is 33.1 Å². The van der Waals surface area contributed by atoms with Gasteiger partial charge in [-0.2, -0.15) is 0 Å². The van der Waals surface area contributed by atoms with Crippen molar-refractivity contribution in [2.45, 2.75) is 45.6 Å². The predicted molar refractivity (Wildman–Crippen MR) is 43.1 cm³/mol. The molecule has 0 spiro atoms. The first-order chi connectivity index (χ1) is 5.90. The maximum absolute atomic E-state index is 11.9. The first-order valence-corrected chi connectivity index (χ1v) is 4.64. The number of halogens is 3. The third-order valence-corrected chi connectivity index (χ3v) is 2.92. The summed E-state index contributed by atoms with van der Waals surface area (Å²) in [6.07, 6.45) is -2.73. The molecule has 13 heavy (non-hydrogen) atoms. The number of hydrogen-bond donors (Lipinski definition) is 0. The normalized spacial score (nSPS) is 36.2. The highest BCUT2D eigenvalue weighted by Gasteiger charge is 2.38. The predicted octanol–water partition coefficient (Wildman–Crippen LogP) is 3.35. The molecule has 1 aliphatic carbocycles. The van der Waals surface area contributed by atoms with Gasteiger partial charge in [-0.05, 0) is 18.3 Å². The second kappa shape index (κ2) is 3.86. The maximum Gasteiger partial charge on any atom is 0.522 e. The van der Waals surface area contributed by atoms with Crippen LogP contribution in [0.25, 0.3) is 0 Å². The van der Waals surface area contributed by atoms with Crippen molar-refractivity contribution in [3.63, 3.8) is 0 Å². The zero-order valence-electron chi connectivity index (χ0n) is 7.90. The Morgan fingerprint density at radius 1 is 1.15 bits per heavy atom. The van der Waals surface area contributed by atoms with Crippen LogP contribution in [0.3, 0.4) is 0 Å². The lowest BCUT2D eigenvalue weighted by atomic mass is 9.79. The van der Waals surface area contributed by atoms with Crippen molar-refractivity contribution in [1.29, 1.82) is 0 Å². The summed E-state index contributed by atoms with van der Waals surface area (Å²) in [4.78, 5) is 0. The monoisotopic (exact) mass is 196 g/mol. The molecule has 0 saturated heterocycles. The van der Waals surface area contributed by atoms with Crippen LogP contribution in [0.4, 0.5) is 13.2 Å². The summed E-state index contributed by atoms with van der Waals surface area (Å²) < 4.78 is 39.8. The van der Waals surface area contributed by atoms with E-state index in [1.165, 1.54) is 0 Å². The molecule has 78 valence electrons. The molecule has 3 atom stereocenters. The maximum atomic E-state index is 11.9. The van der Waals surface area contributed by atoms with Crippen molar-refractivity contribution < 1.29 is 17.9 Å². The van der Waals surface area contributed by atoms with Crippen molar-refractivity contribution in [1.82, 2.24) is 0 Å². The zero-order chi connectivity index (χ0) is 10.1. The van der Waals surface area contributed by atoms with Gasteiger partial charge >= 0.3 is 6.36 Å². The molecule has 0 aromatic rings. The molecule has 0 aromatic carbocycles. The average molecular weight is 196 g/mol. The number of hydrogen-bond acceptors (Lipinski definition) is 1. The van der Waals surface area contributed by atoms with Crippen LogP contribution in [0, 0.1) is 11.8 Å². The summed E-state index contributed by atoms with van der Waals surface area (Å²) in [6, 6.07) is 0. The molecular weight excluding hydrogens is 181 g/mol. The van der Waals surface area contributed by atoms with E-state index in [-0.39, 0.29) is 5.92 Å². The van der Waals surface area contributed by atoms with Crippen molar-refractivity contribution in [2.24, 2.45) is 11.8 Å². The number of alkyl halides is 3. The highest BCUT2D eigenvalue weighted by Crippen LogP contribution is 2.34. The molecule has 0 N–H and O–H groups in total. The van der Waals surface area contributed by atoms with E-state index in [9.17, 15) is 13.2 Å². The molecule has 0 aliphatic heterocycles. The third-order valence-electron chi connectivity index (χ3n) is 2.92. The molecule has 1 saturated carbocycles. The minimum absolute atomic E-state index is 0.00961. The van der Waals surface area contributed by atoms with E-state index in [2.05, 4.69) is 4.74 Å². The molecule has 1 nitrogen and oxygen atoms in total. The quantitative estimate of drug-likeness (QED) is 0.625. The summed E-state index contributed by atoms with van der Waals surface area (Å²) in [6.45, 7) is 3.82.